The van der Waals surface area contributed by atoms with Crippen LogP contribution in [-0.4, -0.2) is 51.1 Å². The number of methoxy groups -OCH3 is 2. The molecule has 0 aliphatic rings. The lowest BCUT2D eigenvalue weighted by atomic mass is 10.2. The van der Waals surface area contributed by atoms with Gasteiger partial charge in [-0.25, -0.2) is 4.39 Å². The van der Waals surface area contributed by atoms with Crippen molar-refractivity contribution in [2.45, 2.75) is 0 Å². The predicted molar refractivity (Wildman–Crippen MR) is 101 cm³/mol. The Morgan fingerprint density at radius 1 is 0.889 bits per heavy atom. The van der Waals surface area contributed by atoms with E-state index < -0.39 is 0 Å². The van der Waals surface area contributed by atoms with Crippen LogP contribution < -0.4 is 20.1 Å². The molecule has 2 aromatic carbocycles. The number of likely N-dealkylation sites (N-methyl/N-ethyl adjacent to an activating group) is 1. The number of halogens is 1. The van der Waals surface area contributed by atoms with Gasteiger partial charge in [0, 0.05) is 17.4 Å². The van der Waals surface area contributed by atoms with Gasteiger partial charge >= 0.3 is 0 Å². The number of carbonyl (C=O) groups excluding carboxylic acids is 2. The van der Waals surface area contributed by atoms with E-state index in [9.17, 15) is 14.0 Å². The second-order valence-electron chi connectivity index (χ2n) is 5.85. The van der Waals surface area contributed by atoms with Crippen molar-refractivity contribution in [3.8, 4) is 11.5 Å². The molecule has 0 aliphatic carbocycles. The molecule has 144 valence electrons. The van der Waals surface area contributed by atoms with Gasteiger partial charge in [-0.3, -0.25) is 14.5 Å². The van der Waals surface area contributed by atoms with Crippen LogP contribution in [0.25, 0.3) is 0 Å². The van der Waals surface area contributed by atoms with E-state index in [-0.39, 0.29) is 30.7 Å². The molecule has 0 aromatic heterocycles. The molecule has 0 saturated carbocycles. The molecule has 8 heteroatoms. The van der Waals surface area contributed by atoms with Crippen LogP contribution in [0.2, 0.25) is 0 Å². The molecule has 2 aromatic rings. The molecule has 0 radical (unpaired) electrons. The minimum Gasteiger partial charge on any atom is -0.493 e. The summed E-state index contributed by atoms with van der Waals surface area (Å²) in [4.78, 5) is 25.7. The maximum absolute atomic E-state index is 12.9. The highest BCUT2D eigenvalue weighted by atomic mass is 19.1. The molecule has 0 fully saturated rings. The Kier molecular flexibility index (Phi) is 7.13. The molecule has 0 unspecified atom stereocenters. The Morgan fingerprint density at radius 3 is 1.96 bits per heavy atom. The van der Waals surface area contributed by atoms with Gasteiger partial charge < -0.3 is 20.1 Å². The SMILES string of the molecule is COc1ccc(NC(=O)CN(C)CC(=O)Nc2ccc(F)cc2)cc1OC. The molecule has 0 spiro atoms. The van der Waals surface area contributed by atoms with Crippen LogP contribution in [-0.2, 0) is 9.59 Å². The van der Waals surface area contributed by atoms with Crippen LogP contribution in [0.15, 0.2) is 42.5 Å². The molecule has 7 nitrogen and oxygen atoms in total. The Hall–Kier alpha value is -3.13. The first kappa shape index (κ1) is 20.2. The van der Waals surface area contributed by atoms with Crippen LogP contribution >= 0.6 is 0 Å². The van der Waals surface area contributed by atoms with Gasteiger partial charge in [-0.1, -0.05) is 0 Å². The lowest BCUT2D eigenvalue weighted by molar-refractivity contribution is -0.119. The van der Waals surface area contributed by atoms with Crippen LogP contribution in [0.1, 0.15) is 0 Å². The fraction of sp³-hybridized carbons (Fsp3) is 0.263. The van der Waals surface area contributed by atoms with Crippen molar-refractivity contribution in [1.29, 1.82) is 0 Å². The smallest absolute Gasteiger partial charge is 0.238 e. The maximum Gasteiger partial charge on any atom is 0.238 e. The quantitative estimate of drug-likeness (QED) is 0.740. The number of rotatable bonds is 8. The highest BCUT2D eigenvalue weighted by Crippen LogP contribution is 2.29. The number of hydrogen-bond acceptors (Lipinski definition) is 5. The van der Waals surface area contributed by atoms with E-state index in [0.29, 0.717) is 22.9 Å². The molecule has 0 bridgehead atoms. The van der Waals surface area contributed by atoms with Gasteiger partial charge in [0.2, 0.25) is 11.8 Å². The average Bonchev–Trinajstić information content (AvgIpc) is 2.63. The normalized spacial score (nSPS) is 10.4. The summed E-state index contributed by atoms with van der Waals surface area (Å²) in [6.07, 6.45) is 0. The number of carbonyl (C=O) groups is 2. The van der Waals surface area contributed by atoms with Crippen LogP contribution in [0.4, 0.5) is 15.8 Å². The van der Waals surface area contributed by atoms with Crippen molar-refractivity contribution >= 4 is 23.2 Å². The minimum absolute atomic E-state index is 0.0106. The zero-order valence-corrected chi connectivity index (χ0v) is 15.4. The molecule has 27 heavy (non-hydrogen) atoms. The third kappa shape index (κ3) is 6.27. The number of hydrogen-bond donors (Lipinski definition) is 2. The van der Waals surface area contributed by atoms with Crippen molar-refractivity contribution < 1.29 is 23.5 Å². The van der Waals surface area contributed by atoms with E-state index >= 15 is 0 Å². The molecule has 2 N–H and O–H groups in total. The maximum atomic E-state index is 12.9. The van der Waals surface area contributed by atoms with E-state index in [0.717, 1.165) is 0 Å². The number of ether oxygens (including phenoxy) is 2. The summed E-state index contributed by atoms with van der Waals surface area (Å²) < 4.78 is 23.2. The van der Waals surface area contributed by atoms with Crippen molar-refractivity contribution in [3.63, 3.8) is 0 Å². The molecular weight excluding hydrogens is 353 g/mol. The van der Waals surface area contributed by atoms with Gasteiger partial charge in [0.15, 0.2) is 11.5 Å². The van der Waals surface area contributed by atoms with E-state index in [1.807, 2.05) is 0 Å². The lowest BCUT2D eigenvalue weighted by Gasteiger charge is -2.16. The molecule has 0 saturated heterocycles. The van der Waals surface area contributed by atoms with E-state index in [1.165, 1.54) is 38.5 Å². The number of nitrogens with zero attached hydrogens (tertiary/aromatic N) is 1. The first-order chi connectivity index (χ1) is 12.9. The second-order valence-corrected chi connectivity index (χ2v) is 5.85. The Bertz CT molecular complexity index is 796. The number of nitrogens with one attached hydrogen (secondary N) is 2. The largest absolute Gasteiger partial charge is 0.493 e. The highest BCUT2D eigenvalue weighted by Gasteiger charge is 2.12. The molecule has 0 atom stereocenters. The van der Waals surface area contributed by atoms with Gasteiger partial charge in [0.25, 0.3) is 0 Å². The van der Waals surface area contributed by atoms with Gasteiger partial charge in [0.1, 0.15) is 5.82 Å². The first-order valence-corrected chi connectivity index (χ1v) is 8.17. The molecular formula is C19H22FN3O4. The van der Waals surface area contributed by atoms with E-state index in [1.54, 1.807) is 30.1 Å². The van der Waals surface area contributed by atoms with Crippen molar-refractivity contribution in [2.24, 2.45) is 0 Å². The van der Waals surface area contributed by atoms with Gasteiger partial charge in [-0.2, -0.15) is 0 Å². The summed E-state index contributed by atoms with van der Waals surface area (Å²) in [7, 11) is 4.69. The predicted octanol–water partition coefficient (Wildman–Crippen LogP) is 2.35. The standard InChI is InChI=1S/C19H22FN3O4/c1-23(11-18(24)21-14-6-4-13(20)5-7-14)12-19(25)22-15-8-9-16(26-2)17(10-15)27-3/h4-10H,11-12H2,1-3H3,(H,21,24)(H,22,25). The number of benzene rings is 2. The van der Waals surface area contributed by atoms with Crippen LogP contribution in [0, 0.1) is 5.82 Å². The fourth-order valence-electron chi connectivity index (χ4n) is 2.39. The summed E-state index contributed by atoms with van der Waals surface area (Å²) in [5, 5.41) is 5.38. The zero-order chi connectivity index (χ0) is 19.8. The lowest BCUT2D eigenvalue weighted by Crippen LogP contribution is -2.36. The number of anilines is 2. The van der Waals surface area contributed by atoms with E-state index in [4.69, 9.17) is 9.47 Å². The summed E-state index contributed by atoms with van der Waals surface area (Å²) >= 11 is 0. The van der Waals surface area contributed by atoms with Gasteiger partial charge in [-0.05, 0) is 43.4 Å². The molecule has 0 aliphatic heterocycles. The number of amides is 2. The second kappa shape index (κ2) is 9.54. The summed E-state index contributed by atoms with van der Waals surface area (Å²) in [6.45, 7) is 0.0297. The molecule has 0 heterocycles. The third-order valence-corrected chi connectivity index (χ3v) is 3.62. The van der Waals surface area contributed by atoms with E-state index in [2.05, 4.69) is 10.6 Å². The summed E-state index contributed by atoms with van der Waals surface area (Å²) in [5.41, 5.74) is 1.05. The van der Waals surface area contributed by atoms with Crippen molar-refractivity contribution in [1.82, 2.24) is 4.90 Å². The Morgan fingerprint density at radius 2 is 1.41 bits per heavy atom. The highest BCUT2D eigenvalue weighted by molar-refractivity contribution is 5.94. The summed E-state index contributed by atoms with van der Waals surface area (Å²) in [6, 6.07) is 10.5. The Balaban J connectivity index is 1.84. The molecule has 2 amide bonds. The summed E-state index contributed by atoms with van der Waals surface area (Å²) in [5.74, 6) is 0.103. The van der Waals surface area contributed by atoms with Crippen LogP contribution in [0.5, 0.6) is 11.5 Å². The van der Waals surface area contributed by atoms with Crippen molar-refractivity contribution in [2.75, 3.05) is 45.0 Å². The van der Waals surface area contributed by atoms with Crippen molar-refractivity contribution in [3.05, 3.63) is 48.3 Å². The minimum atomic E-state index is -0.378. The molecule has 2 rings (SSSR count). The Labute approximate surface area is 157 Å². The monoisotopic (exact) mass is 375 g/mol. The van der Waals surface area contributed by atoms with Gasteiger partial charge in [-0.15, -0.1) is 0 Å². The third-order valence-electron chi connectivity index (χ3n) is 3.62. The topological polar surface area (TPSA) is 79.9 Å². The fourth-order valence-corrected chi connectivity index (χ4v) is 2.39. The zero-order valence-electron chi connectivity index (χ0n) is 15.4. The average molecular weight is 375 g/mol. The van der Waals surface area contributed by atoms with Crippen LogP contribution in [0.3, 0.4) is 0 Å². The first-order valence-electron chi connectivity index (χ1n) is 8.17. The van der Waals surface area contributed by atoms with Gasteiger partial charge in [0.05, 0.1) is 27.3 Å².